The van der Waals surface area contributed by atoms with Gasteiger partial charge in [-0.3, -0.25) is 9.59 Å². The van der Waals surface area contributed by atoms with Crippen molar-refractivity contribution in [3.05, 3.63) is 48.4 Å². The lowest BCUT2D eigenvalue weighted by atomic mass is 9.92. The van der Waals surface area contributed by atoms with E-state index < -0.39 is 0 Å². The van der Waals surface area contributed by atoms with Gasteiger partial charge in [-0.15, -0.1) is 0 Å². The van der Waals surface area contributed by atoms with Crippen LogP contribution >= 0.6 is 0 Å². The summed E-state index contributed by atoms with van der Waals surface area (Å²) in [6, 6.07) is 9.26. The van der Waals surface area contributed by atoms with Crippen molar-refractivity contribution in [2.45, 2.75) is 19.3 Å². The molecular formula is C23H28N6O2. The van der Waals surface area contributed by atoms with E-state index in [9.17, 15) is 9.59 Å². The Morgan fingerprint density at radius 1 is 1.26 bits per heavy atom. The molecule has 1 amide bonds. The van der Waals surface area contributed by atoms with E-state index in [1.165, 1.54) is 4.90 Å². The van der Waals surface area contributed by atoms with Crippen molar-refractivity contribution in [1.29, 1.82) is 0 Å². The highest BCUT2D eigenvalue weighted by Crippen LogP contribution is 2.28. The highest BCUT2D eigenvalue weighted by molar-refractivity contribution is 5.95. The summed E-state index contributed by atoms with van der Waals surface area (Å²) in [6.45, 7) is 2.01. The zero-order valence-corrected chi connectivity index (χ0v) is 18.0. The first kappa shape index (κ1) is 20.8. The molecule has 1 atom stereocenters. The second-order valence-corrected chi connectivity index (χ2v) is 8.27. The SMILES string of the molecule is CN(C)C(=O)c1cccc(NCC(=O)CC2CCCN(c3ncnc4[nH]ccc34)C2)c1. The monoisotopic (exact) mass is 420 g/mol. The number of ketones is 1. The van der Waals surface area contributed by atoms with Crippen molar-refractivity contribution in [3.8, 4) is 0 Å². The van der Waals surface area contributed by atoms with E-state index in [1.807, 2.05) is 24.4 Å². The Balaban J connectivity index is 1.33. The zero-order chi connectivity index (χ0) is 21.8. The van der Waals surface area contributed by atoms with Crippen molar-refractivity contribution in [2.24, 2.45) is 5.92 Å². The molecular weight excluding hydrogens is 392 g/mol. The first-order chi connectivity index (χ1) is 15.0. The number of nitrogens with one attached hydrogen (secondary N) is 2. The fourth-order valence-corrected chi connectivity index (χ4v) is 4.15. The lowest BCUT2D eigenvalue weighted by Gasteiger charge is -2.33. The van der Waals surface area contributed by atoms with Crippen LogP contribution in [0.1, 0.15) is 29.6 Å². The van der Waals surface area contributed by atoms with Gasteiger partial charge in [0.05, 0.1) is 11.9 Å². The number of fused-ring (bicyclic) bond motifs is 1. The van der Waals surface area contributed by atoms with Crippen molar-refractivity contribution in [2.75, 3.05) is 43.9 Å². The summed E-state index contributed by atoms with van der Waals surface area (Å²) in [5.74, 6) is 1.35. The summed E-state index contributed by atoms with van der Waals surface area (Å²) >= 11 is 0. The topological polar surface area (TPSA) is 94.2 Å². The number of aromatic nitrogens is 3. The highest BCUT2D eigenvalue weighted by Gasteiger charge is 2.24. The average molecular weight is 421 g/mol. The summed E-state index contributed by atoms with van der Waals surface area (Å²) in [6.07, 6.45) is 6.07. The van der Waals surface area contributed by atoms with Gasteiger partial charge in [0.15, 0.2) is 5.78 Å². The Kier molecular flexibility index (Phi) is 6.16. The number of aromatic amines is 1. The number of rotatable bonds is 7. The maximum atomic E-state index is 12.6. The van der Waals surface area contributed by atoms with Crippen LogP contribution in [0.2, 0.25) is 0 Å². The number of Topliss-reactive ketones (excluding diaryl/α,β-unsaturated/α-hetero) is 1. The van der Waals surface area contributed by atoms with Crippen LogP contribution in [0.3, 0.4) is 0 Å². The van der Waals surface area contributed by atoms with Gasteiger partial charge in [-0.2, -0.15) is 0 Å². The second kappa shape index (κ2) is 9.16. The van der Waals surface area contributed by atoms with Crippen molar-refractivity contribution < 1.29 is 9.59 Å². The summed E-state index contributed by atoms with van der Waals surface area (Å²) < 4.78 is 0. The van der Waals surface area contributed by atoms with Crippen molar-refractivity contribution in [1.82, 2.24) is 19.9 Å². The number of carbonyl (C=O) groups is 2. The molecule has 1 aliphatic heterocycles. The third-order valence-corrected chi connectivity index (χ3v) is 5.67. The minimum Gasteiger partial charge on any atom is -0.378 e. The molecule has 0 saturated carbocycles. The van der Waals surface area contributed by atoms with Crippen molar-refractivity contribution >= 4 is 34.2 Å². The Hall–Kier alpha value is -3.42. The molecule has 3 aromatic rings. The molecule has 1 saturated heterocycles. The molecule has 2 N–H and O–H groups in total. The van der Waals surface area contributed by atoms with Crippen LogP contribution in [-0.4, -0.2) is 65.3 Å². The smallest absolute Gasteiger partial charge is 0.253 e. The Morgan fingerprint density at radius 3 is 2.97 bits per heavy atom. The minimum atomic E-state index is -0.0569. The van der Waals surface area contributed by atoms with E-state index >= 15 is 0 Å². The van der Waals surface area contributed by atoms with Crippen LogP contribution in [0, 0.1) is 5.92 Å². The van der Waals surface area contributed by atoms with Crippen LogP contribution in [-0.2, 0) is 4.79 Å². The molecule has 8 nitrogen and oxygen atoms in total. The standard InChI is InChI=1S/C23H28N6O2/c1-28(2)23(31)17-6-3-7-18(12-17)25-13-19(30)11-16-5-4-10-29(14-16)22-20-8-9-24-21(20)26-15-27-22/h3,6-9,12,15-16,25H,4-5,10-11,13-14H2,1-2H3,(H,24,26,27). The fourth-order valence-electron chi connectivity index (χ4n) is 4.15. The van der Waals surface area contributed by atoms with E-state index in [4.69, 9.17) is 0 Å². The summed E-state index contributed by atoms with van der Waals surface area (Å²) in [5, 5.41) is 4.19. The molecule has 0 aliphatic carbocycles. The molecule has 3 heterocycles. The van der Waals surface area contributed by atoms with Crippen LogP contribution in [0.25, 0.3) is 11.0 Å². The lowest BCUT2D eigenvalue weighted by molar-refractivity contribution is -0.118. The lowest BCUT2D eigenvalue weighted by Crippen LogP contribution is -2.37. The van der Waals surface area contributed by atoms with Gasteiger partial charge in [-0.1, -0.05) is 6.07 Å². The first-order valence-corrected chi connectivity index (χ1v) is 10.6. The van der Waals surface area contributed by atoms with Gasteiger partial charge in [0.2, 0.25) is 0 Å². The number of piperidine rings is 1. The fraction of sp³-hybridized carbons (Fsp3) is 0.391. The zero-order valence-electron chi connectivity index (χ0n) is 18.0. The number of amides is 1. The molecule has 2 aromatic heterocycles. The summed E-state index contributed by atoms with van der Waals surface area (Å²) in [5.41, 5.74) is 2.22. The quantitative estimate of drug-likeness (QED) is 0.610. The number of anilines is 2. The van der Waals surface area contributed by atoms with E-state index in [2.05, 4.69) is 25.2 Å². The molecule has 4 rings (SSSR count). The van der Waals surface area contributed by atoms with Crippen LogP contribution < -0.4 is 10.2 Å². The molecule has 1 aliphatic rings. The van der Waals surface area contributed by atoms with E-state index in [1.54, 1.807) is 32.6 Å². The highest BCUT2D eigenvalue weighted by atomic mass is 16.2. The molecule has 1 unspecified atom stereocenters. The number of H-pyrrole nitrogens is 1. The molecule has 0 bridgehead atoms. The van der Waals surface area contributed by atoms with E-state index in [-0.39, 0.29) is 18.2 Å². The van der Waals surface area contributed by atoms with Crippen molar-refractivity contribution in [3.63, 3.8) is 0 Å². The van der Waals surface area contributed by atoms with E-state index in [0.29, 0.717) is 17.9 Å². The summed E-state index contributed by atoms with van der Waals surface area (Å²) in [7, 11) is 3.45. The number of carbonyl (C=O) groups excluding carboxylic acids is 2. The Labute approximate surface area is 181 Å². The molecule has 162 valence electrons. The van der Waals surface area contributed by atoms with Gasteiger partial charge >= 0.3 is 0 Å². The molecule has 0 radical (unpaired) electrons. The van der Waals surface area contributed by atoms with Gasteiger partial charge in [-0.25, -0.2) is 9.97 Å². The van der Waals surface area contributed by atoms with E-state index in [0.717, 1.165) is 48.5 Å². The maximum Gasteiger partial charge on any atom is 0.253 e. The largest absolute Gasteiger partial charge is 0.378 e. The number of nitrogens with zero attached hydrogens (tertiary/aromatic N) is 4. The normalized spacial score (nSPS) is 16.3. The summed E-state index contributed by atoms with van der Waals surface area (Å²) in [4.78, 5) is 40.5. The molecule has 8 heteroatoms. The van der Waals surface area contributed by atoms with Gasteiger partial charge in [-0.05, 0) is 43.0 Å². The Bertz CT molecular complexity index is 1080. The predicted molar refractivity (Wildman–Crippen MR) is 121 cm³/mol. The van der Waals surface area contributed by atoms with Gasteiger partial charge in [0.1, 0.15) is 17.8 Å². The van der Waals surface area contributed by atoms with Crippen LogP contribution in [0.5, 0.6) is 0 Å². The number of benzene rings is 1. The van der Waals surface area contributed by atoms with Gasteiger partial charge in [0, 0.05) is 51.1 Å². The average Bonchev–Trinajstić information content (AvgIpc) is 3.26. The number of hydrogen-bond acceptors (Lipinski definition) is 6. The molecule has 31 heavy (non-hydrogen) atoms. The van der Waals surface area contributed by atoms with Gasteiger partial charge in [0.25, 0.3) is 5.91 Å². The maximum absolute atomic E-state index is 12.6. The molecule has 1 aromatic carbocycles. The third kappa shape index (κ3) is 4.84. The Morgan fingerprint density at radius 2 is 2.13 bits per heavy atom. The first-order valence-electron chi connectivity index (χ1n) is 10.6. The number of hydrogen-bond donors (Lipinski definition) is 2. The van der Waals surface area contributed by atoms with Gasteiger partial charge < -0.3 is 20.1 Å². The predicted octanol–water partition coefficient (Wildman–Crippen LogP) is 2.95. The molecule has 1 fully saturated rings. The second-order valence-electron chi connectivity index (χ2n) is 8.27. The minimum absolute atomic E-state index is 0.0569. The van der Waals surface area contributed by atoms with Crippen LogP contribution in [0.4, 0.5) is 11.5 Å². The van der Waals surface area contributed by atoms with Crippen LogP contribution in [0.15, 0.2) is 42.9 Å². The third-order valence-electron chi connectivity index (χ3n) is 5.67. The molecule has 0 spiro atoms.